The number of esters is 1. The highest BCUT2D eigenvalue weighted by Crippen LogP contribution is 2.11. The molecule has 0 saturated heterocycles. The third kappa shape index (κ3) is 4.87. The number of aliphatic hydroxyl groups excluding tert-OH is 1. The Kier molecular flexibility index (Phi) is 5.49. The van der Waals surface area contributed by atoms with Crippen LogP contribution in [0.1, 0.15) is 25.3 Å². The molecule has 0 fully saturated rings. The van der Waals surface area contributed by atoms with Crippen LogP contribution in [0.25, 0.3) is 0 Å². The van der Waals surface area contributed by atoms with Crippen LogP contribution in [0.3, 0.4) is 0 Å². The van der Waals surface area contributed by atoms with Crippen molar-refractivity contribution in [3.63, 3.8) is 0 Å². The minimum absolute atomic E-state index is 0.161. The molecule has 0 amide bonds. The molecule has 17 heavy (non-hydrogen) atoms. The van der Waals surface area contributed by atoms with Crippen LogP contribution in [0.4, 0.5) is 0 Å². The van der Waals surface area contributed by atoms with Gasteiger partial charge in [0, 0.05) is 6.42 Å². The van der Waals surface area contributed by atoms with Crippen LogP contribution in [-0.4, -0.2) is 28.9 Å². The van der Waals surface area contributed by atoms with Gasteiger partial charge in [0.25, 0.3) is 0 Å². The van der Waals surface area contributed by atoms with Gasteiger partial charge in [0.2, 0.25) is 0 Å². The molecule has 0 aliphatic heterocycles. The predicted molar refractivity (Wildman–Crippen MR) is 63.7 cm³/mol. The summed E-state index contributed by atoms with van der Waals surface area (Å²) in [4.78, 5) is 11.4. The van der Waals surface area contributed by atoms with E-state index >= 15 is 0 Å². The lowest BCUT2D eigenvalue weighted by Gasteiger charge is -2.10. The van der Waals surface area contributed by atoms with E-state index in [9.17, 15) is 9.90 Å². The van der Waals surface area contributed by atoms with Gasteiger partial charge in [-0.2, -0.15) is 0 Å². The van der Waals surface area contributed by atoms with Gasteiger partial charge in [-0.05, 0) is 24.1 Å². The van der Waals surface area contributed by atoms with Gasteiger partial charge < -0.3 is 14.9 Å². The Bertz CT molecular complexity index is 345. The van der Waals surface area contributed by atoms with E-state index in [4.69, 9.17) is 9.84 Å². The molecular weight excluding hydrogens is 220 g/mol. The van der Waals surface area contributed by atoms with E-state index in [0.717, 1.165) is 18.4 Å². The number of ether oxygens (including phenoxy) is 1. The number of phenolic OH excluding ortho intramolecular Hbond substituents is 1. The fourth-order valence-corrected chi connectivity index (χ4v) is 1.35. The molecule has 4 nitrogen and oxygen atoms in total. The summed E-state index contributed by atoms with van der Waals surface area (Å²) in [6.45, 7) is 2.35. The second-order valence-electron chi connectivity index (χ2n) is 3.91. The largest absolute Gasteiger partial charge is 0.508 e. The van der Waals surface area contributed by atoms with Crippen molar-refractivity contribution in [2.24, 2.45) is 0 Å². The lowest BCUT2D eigenvalue weighted by Crippen LogP contribution is -2.25. The fourth-order valence-electron chi connectivity index (χ4n) is 1.35. The highest BCUT2D eigenvalue weighted by atomic mass is 16.5. The molecule has 0 saturated carbocycles. The lowest BCUT2D eigenvalue weighted by atomic mass is 10.1. The Morgan fingerprint density at radius 2 is 2.00 bits per heavy atom. The third-order valence-electron chi connectivity index (χ3n) is 2.38. The molecule has 0 aliphatic rings. The quantitative estimate of drug-likeness (QED) is 0.584. The van der Waals surface area contributed by atoms with Gasteiger partial charge >= 0.3 is 5.97 Å². The first-order chi connectivity index (χ1) is 8.13. The molecule has 0 spiro atoms. The lowest BCUT2D eigenvalue weighted by molar-refractivity contribution is -0.153. The number of benzene rings is 1. The normalized spacial score (nSPS) is 12.1. The van der Waals surface area contributed by atoms with Crippen LogP contribution in [0, 0.1) is 0 Å². The van der Waals surface area contributed by atoms with Gasteiger partial charge in [-0.1, -0.05) is 25.5 Å². The van der Waals surface area contributed by atoms with Crippen LogP contribution >= 0.6 is 0 Å². The van der Waals surface area contributed by atoms with Crippen LogP contribution in [0.5, 0.6) is 5.75 Å². The summed E-state index contributed by atoms with van der Waals surface area (Å²) in [5.74, 6) is -0.430. The number of phenols is 1. The Balaban J connectivity index is 2.40. The molecule has 0 aromatic heterocycles. The van der Waals surface area contributed by atoms with Gasteiger partial charge in [0.1, 0.15) is 5.75 Å². The molecule has 1 rings (SSSR count). The highest BCUT2D eigenvalue weighted by Gasteiger charge is 2.16. The van der Waals surface area contributed by atoms with Crippen molar-refractivity contribution in [2.75, 3.05) is 6.61 Å². The monoisotopic (exact) mass is 238 g/mol. The number of unbranched alkanes of at least 4 members (excludes halogenated alkanes) is 1. The van der Waals surface area contributed by atoms with Crippen LogP contribution in [0.15, 0.2) is 24.3 Å². The molecule has 1 aromatic carbocycles. The Morgan fingerprint density at radius 1 is 1.35 bits per heavy atom. The van der Waals surface area contributed by atoms with Gasteiger partial charge in [0.05, 0.1) is 6.61 Å². The molecule has 0 bridgehead atoms. The minimum atomic E-state index is -1.14. The summed E-state index contributed by atoms with van der Waals surface area (Å²) >= 11 is 0. The van der Waals surface area contributed by atoms with Gasteiger partial charge in [-0.3, -0.25) is 0 Å². The number of rotatable bonds is 6. The van der Waals surface area contributed by atoms with E-state index < -0.39 is 12.1 Å². The second-order valence-corrected chi connectivity index (χ2v) is 3.91. The van der Waals surface area contributed by atoms with Crippen LogP contribution < -0.4 is 0 Å². The zero-order chi connectivity index (χ0) is 12.7. The van der Waals surface area contributed by atoms with Crippen molar-refractivity contribution >= 4 is 5.97 Å². The van der Waals surface area contributed by atoms with E-state index in [-0.39, 0.29) is 12.2 Å². The van der Waals surface area contributed by atoms with Gasteiger partial charge in [-0.15, -0.1) is 0 Å². The summed E-state index contributed by atoms with van der Waals surface area (Å²) < 4.78 is 4.90. The maximum absolute atomic E-state index is 11.4. The number of carbonyl (C=O) groups excluding carboxylic acids is 1. The molecule has 94 valence electrons. The van der Waals surface area contributed by atoms with E-state index in [2.05, 4.69) is 0 Å². The first-order valence-corrected chi connectivity index (χ1v) is 5.76. The van der Waals surface area contributed by atoms with E-state index in [1.807, 2.05) is 6.92 Å². The number of aromatic hydroxyl groups is 1. The minimum Gasteiger partial charge on any atom is -0.508 e. The molecule has 1 atom stereocenters. The van der Waals surface area contributed by atoms with Crippen molar-refractivity contribution in [3.8, 4) is 5.75 Å². The second kappa shape index (κ2) is 6.91. The molecular formula is C13H18O4. The third-order valence-corrected chi connectivity index (χ3v) is 2.38. The smallest absolute Gasteiger partial charge is 0.335 e. The van der Waals surface area contributed by atoms with Crippen molar-refractivity contribution in [1.29, 1.82) is 0 Å². The number of carbonyl (C=O) groups is 1. The zero-order valence-electron chi connectivity index (χ0n) is 9.93. The summed E-state index contributed by atoms with van der Waals surface area (Å²) in [7, 11) is 0. The van der Waals surface area contributed by atoms with Crippen molar-refractivity contribution in [3.05, 3.63) is 29.8 Å². The summed E-state index contributed by atoms with van der Waals surface area (Å²) in [5, 5.41) is 18.7. The Morgan fingerprint density at radius 3 is 2.59 bits per heavy atom. The summed E-state index contributed by atoms with van der Waals surface area (Å²) in [6, 6.07) is 6.37. The average molecular weight is 238 g/mol. The number of hydrogen-bond donors (Lipinski definition) is 2. The molecule has 0 heterocycles. The first kappa shape index (κ1) is 13.5. The molecule has 1 aromatic rings. The molecule has 2 N–H and O–H groups in total. The Labute approximate surface area is 101 Å². The van der Waals surface area contributed by atoms with Crippen molar-refractivity contribution < 1.29 is 19.7 Å². The topological polar surface area (TPSA) is 66.8 Å². The Hall–Kier alpha value is -1.55. The van der Waals surface area contributed by atoms with Crippen LogP contribution in [0.2, 0.25) is 0 Å². The average Bonchev–Trinajstić information content (AvgIpc) is 2.32. The first-order valence-electron chi connectivity index (χ1n) is 5.76. The summed E-state index contributed by atoms with van der Waals surface area (Å²) in [5.41, 5.74) is 0.780. The van der Waals surface area contributed by atoms with Crippen molar-refractivity contribution in [1.82, 2.24) is 0 Å². The zero-order valence-corrected chi connectivity index (χ0v) is 9.93. The number of aliphatic hydroxyl groups is 1. The van der Waals surface area contributed by atoms with E-state index in [1.54, 1.807) is 12.1 Å². The highest BCUT2D eigenvalue weighted by molar-refractivity contribution is 5.74. The van der Waals surface area contributed by atoms with Gasteiger partial charge in [-0.25, -0.2) is 4.79 Å². The van der Waals surface area contributed by atoms with E-state index in [1.165, 1.54) is 12.1 Å². The predicted octanol–water partition coefficient (Wildman–Crippen LogP) is 1.64. The molecule has 0 radical (unpaired) electrons. The van der Waals surface area contributed by atoms with Gasteiger partial charge in [0.15, 0.2) is 6.10 Å². The standard InChI is InChI=1S/C13H18O4/c1-2-3-8-17-13(16)12(15)9-10-4-6-11(14)7-5-10/h4-7,12,14-15H,2-3,8-9H2,1H3/t12-/m1/s1. The molecule has 0 unspecified atom stereocenters. The fraction of sp³-hybridized carbons (Fsp3) is 0.462. The molecule has 4 heteroatoms. The maximum atomic E-state index is 11.4. The summed E-state index contributed by atoms with van der Waals surface area (Å²) in [6.07, 6.45) is 0.806. The maximum Gasteiger partial charge on any atom is 0.335 e. The van der Waals surface area contributed by atoms with Crippen LogP contribution in [-0.2, 0) is 16.0 Å². The van der Waals surface area contributed by atoms with E-state index in [0.29, 0.717) is 6.61 Å². The number of hydrogen-bond acceptors (Lipinski definition) is 4. The molecule has 0 aliphatic carbocycles. The SMILES string of the molecule is CCCCOC(=O)[C@H](O)Cc1ccc(O)cc1. The van der Waals surface area contributed by atoms with Crippen molar-refractivity contribution in [2.45, 2.75) is 32.3 Å².